The number of aromatic nitrogens is 4. The third-order valence-electron chi connectivity index (χ3n) is 5.41. The van der Waals surface area contributed by atoms with Crippen molar-refractivity contribution < 1.29 is 13.9 Å². The van der Waals surface area contributed by atoms with E-state index in [0.29, 0.717) is 37.0 Å². The highest BCUT2D eigenvalue weighted by Crippen LogP contribution is 2.27. The molecule has 2 aromatic heterocycles. The average Bonchev–Trinajstić information content (AvgIpc) is 3.15. The summed E-state index contributed by atoms with van der Waals surface area (Å²) in [5.74, 6) is 0.307. The molecule has 0 aromatic carbocycles. The molecule has 3 heterocycles. The Morgan fingerprint density at radius 1 is 1.47 bits per heavy atom. The van der Waals surface area contributed by atoms with Crippen molar-refractivity contribution in [3.05, 3.63) is 34.5 Å². The number of likely N-dealkylation sites (tertiary alicyclic amines) is 1. The molecule has 1 N–H and O–H groups in total. The zero-order chi connectivity index (χ0) is 23.5. The standard InChI is InChI=1S/C21H27ClFN7O2/c1-13(23)19(31)29-8-6-15(7-9-29)12-32-18-16(22)10-25-20(27-18)26-17-11-30(28-14(17)2)21(3,4)24-5/h10-11,13,15H,6-9,12H2,1-4H3,(H,25,26,27). The van der Waals surface area contributed by atoms with Crippen LogP contribution >= 0.6 is 11.6 Å². The normalized spacial score (nSPS) is 15.8. The van der Waals surface area contributed by atoms with Crippen LogP contribution in [0.4, 0.5) is 16.0 Å². The molecule has 11 heteroatoms. The number of anilines is 2. The molecule has 0 spiro atoms. The van der Waals surface area contributed by atoms with Crippen LogP contribution in [0.25, 0.3) is 4.85 Å². The van der Waals surface area contributed by atoms with Crippen LogP contribution < -0.4 is 10.1 Å². The fourth-order valence-corrected chi connectivity index (χ4v) is 3.46. The van der Waals surface area contributed by atoms with Gasteiger partial charge in [-0.2, -0.15) is 14.8 Å². The number of carbonyl (C=O) groups excluding carboxylic acids is 1. The predicted octanol–water partition coefficient (Wildman–Crippen LogP) is 3.97. The number of aryl methyl sites for hydroxylation is 1. The summed E-state index contributed by atoms with van der Waals surface area (Å²) in [5, 5.41) is 7.78. The lowest BCUT2D eigenvalue weighted by atomic mass is 9.97. The maximum absolute atomic E-state index is 13.2. The van der Waals surface area contributed by atoms with Gasteiger partial charge < -0.3 is 15.0 Å². The van der Waals surface area contributed by atoms with Crippen LogP contribution in [0.3, 0.4) is 0 Å². The van der Waals surface area contributed by atoms with Gasteiger partial charge in [0, 0.05) is 26.9 Å². The Morgan fingerprint density at radius 2 is 2.16 bits per heavy atom. The van der Waals surface area contributed by atoms with E-state index in [-0.39, 0.29) is 16.8 Å². The largest absolute Gasteiger partial charge is 0.476 e. The maximum Gasteiger partial charge on any atom is 0.319 e. The Labute approximate surface area is 191 Å². The minimum absolute atomic E-state index is 0.215. The summed E-state index contributed by atoms with van der Waals surface area (Å²) in [7, 11) is 0. The average molecular weight is 464 g/mol. The van der Waals surface area contributed by atoms with Crippen molar-refractivity contribution in [1.82, 2.24) is 24.6 Å². The van der Waals surface area contributed by atoms with Crippen LogP contribution in [0.5, 0.6) is 5.88 Å². The molecule has 0 radical (unpaired) electrons. The van der Waals surface area contributed by atoms with Crippen LogP contribution in [0.15, 0.2) is 12.4 Å². The third-order valence-corrected chi connectivity index (χ3v) is 5.67. The van der Waals surface area contributed by atoms with Crippen LogP contribution in [0.2, 0.25) is 5.02 Å². The number of hydrogen-bond donors (Lipinski definition) is 1. The smallest absolute Gasteiger partial charge is 0.319 e. The minimum Gasteiger partial charge on any atom is -0.476 e. The number of nitrogens with one attached hydrogen (secondary N) is 1. The first-order valence-electron chi connectivity index (χ1n) is 10.4. The highest BCUT2D eigenvalue weighted by atomic mass is 35.5. The molecule has 1 aliphatic heterocycles. The zero-order valence-corrected chi connectivity index (χ0v) is 19.4. The lowest BCUT2D eigenvalue weighted by Gasteiger charge is -2.32. The van der Waals surface area contributed by atoms with Gasteiger partial charge in [0.15, 0.2) is 6.17 Å². The summed E-state index contributed by atoms with van der Waals surface area (Å²) in [5.41, 5.74) is 0.572. The SMILES string of the molecule is [C-]#[N+]C(C)(C)n1cc(Nc2ncc(Cl)c(OCC3CCN(C(=O)C(C)F)CC3)n2)c(C)n1. The Balaban J connectivity index is 1.61. The van der Waals surface area contributed by atoms with E-state index >= 15 is 0 Å². The zero-order valence-electron chi connectivity index (χ0n) is 18.6. The van der Waals surface area contributed by atoms with Crippen molar-refractivity contribution in [2.75, 3.05) is 25.0 Å². The minimum atomic E-state index is -1.48. The second-order valence-electron chi connectivity index (χ2n) is 8.35. The second kappa shape index (κ2) is 9.69. The predicted molar refractivity (Wildman–Crippen MR) is 119 cm³/mol. The Morgan fingerprint density at radius 3 is 2.78 bits per heavy atom. The quantitative estimate of drug-likeness (QED) is 0.625. The number of rotatable bonds is 7. The van der Waals surface area contributed by atoms with Crippen LogP contribution in [-0.4, -0.2) is 56.4 Å². The molecule has 172 valence electrons. The molecule has 1 fully saturated rings. The first kappa shape index (κ1) is 23.7. The van der Waals surface area contributed by atoms with Crippen molar-refractivity contribution in [2.24, 2.45) is 5.92 Å². The Hall–Kier alpha value is -2.93. The van der Waals surface area contributed by atoms with E-state index < -0.39 is 17.7 Å². The monoisotopic (exact) mass is 463 g/mol. The molecule has 1 saturated heterocycles. The molecule has 0 bridgehead atoms. The van der Waals surface area contributed by atoms with Gasteiger partial charge in [-0.1, -0.05) is 11.6 Å². The van der Waals surface area contributed by atoms with E-state index in [1.54, 1.807) is 29.6 Å². The van der Waals surface area contributed by atoms with Crippen molar-refractivity contribution in [2.45, 2.75) is 52.4 Å². The van der Waals surface area contributed by atoms with Gasteiger partial charge in [0.05, 0.1) is 30.4 Å². The van der Waals surface area contributed by atoms with Crippen molar-refractivity contribution in [3.63, 3.8) is 0 Å². The van der Waals surface area contributed by atoms with E-state index in [1.807, 2.05) is 6.92 Å². The van der Waals surface area contributed by atoms with Gasteiger partial charge in [-0.3, -0.25) is 9.64 Å². The number of piperidine rings is 1. The highest BCUT2D eigenvalue weighted by Gasteiger charge is 2.28. The molecule has 1 unspecified atom stereocenters. The maximum atomic E-state index is 13.2. The Kier molecular flexibility index (Phi) is 7.19. The number of alkyl halides is 1. The van der Waals surface area contributed by atoms with Gasteiger partial charge in [-0.15, -0.1) is 0 Å². The van der Waals surface area contributed by atoms with Gasteiger partial charge in [0.2, 0.25) is 11.8 Å². The second-order valence-corrected chi connectivity index (χ2v) is 8.75. The van der Waals surface area contributed by atoms with Crippen LogP contribution in [0.1, 0.15) is 39.3 Å². The summed E-state index contributed by atoms with van der Waals surface area (Å²) < 4.78 is 20.7. The van der Waals surface area contributed by atoms with E-state index in [4.69, 9.17) is 22.9 Å². The van der Waals surface area contributed by atoms with Gasteiger partial charge in [0.1, 0.15) is 5.02 Å². The molecule has 9 nitrogen and oxygen atoms in total. The number of carbonyl (C=O) groups is 1. The third kappa shape index (κ3) is 5.46. The van der Waals surface area contributed by atoms with E-state index in [1.165, 1.54) is 13.1 Å². The first-order chi connectivity index (χ1) is 15.1. The van der Waals surface area contributed by atoms with Gasteiger partial charge in [-0.25, -0.2) is 15.9 Å². The summed E-state index contributed by atoms with van der Waals surface area (Å²) in [6, 6.07) is 0. The van der Waals surface area contributed by atoms with E-state index in [9.17, 15) is 9.18 Å². The fraction of sp³-hybridized carbons (Fsp3) is 0.571. The molecule has 1 amide bonds. The summed E-state index contributed by atoms with van der Waals surface area (Å²) in [6.07, 6.45) is 3.16. The molecule has 1 atom stereocenters. The molecule has 1 aliphatic rings. The number of hydrogen-bond acceptors (Lipinski definition) is 6. The van der Waals surface area contributed by atoms with Crippen LogP contribution in [-0.2, 0) is 10.5 Å². The molecule has 0 saturated carbocycles. The molecule has 3 rings (SSSR count). The number of amides is 1. The van der Waals surface area contributed by atoms with Crippen molar-refractivity contribution in [1.29, 1.82) is 0 Å². The summed E-state index contributed by atoms with van der Waals surface area (Å²) >= 11 is 6.21. The Bertz CT molecular complexity index is 1010. The first-order valence-corrected chi connectivity index (χ1v) is 10.8. The molecule has 2 aromatic rings. The van der Waals surface area contributed by atoms with E-state index in [0.717, 1.165) is 12.8 Å². The van der Waals surface area contributed by atoms with Gasteiger partial charge in [-0.05, 0) is 32.6 Å². The fourth-order valence-electron chi connectivity index (χ4n) is 3.32. The molecule has 0 aliphatic carbocycles. The number of halogens is 2. The topological polar surface area (TPSA) is 89.5 Å². The number of nitrogens with zero attached hydrogens (tertiary/aromatic N) is 6. The molecule has 32 heavy (non-hydrogen) atoms. The van der Waals surface area contributed by atoms with Crippen molar-refractivity contribution in [3.8, 4) is 5.88 Å². The van der Waals surface area contributed by atoms with Crippen molar-refractivity contribution >= 4 is 29.1 Å². The lowest BCUT2D eigenvalue weighted by Crippen LogP contribution is -2.42. The summed E-state index contributed by atoms with van der Waals surface area (Å²) in [6.45, 7) is 15.4. The lowest BCUT2D eigenvalue weighted by molar-refractivity contribution is -0.137. The summed E-state index contributed by atoms with van der Waals surface area (Å²) in [4.78, 5) is 25.5. The van der Waals surface area contributed by atoms with Crippen LogP contribution in [0, 0.1) is 19.4 Å². The van der Waals surface area contributed by atoms with E-state index in [2.05, 4.69) is 25.2 Å². The highest BCUT2D eigenvalue weighted by molar-refractivity contribution is 6.31. The van der Waals surface area contributed by atoms with Gasteiger partial charge in [0.25, 0.3) is 5.91 Å². The number of ether oxygens (including phenoxy) is 1. The van der Waals surface area contributed by atoms with Gasteiger partial charge >= 0.3 is 5.66 Å². The molecular weight excluding hydrogens is 437 g/mol. The molecular formula is C21H27ClFN7O2.